The zero-order chi connectivity index (χ0) is 14.9. The number of nitro benzene ring substituents is 1. The van der Waals surface area contributed by atoms with Crippen molar-refractivity contribution in [3.63, 3.8) is 0 Å². The van der Waals surface area contributed by atoms with Gasteiger partial charge in [0.2, 0.25) is 0 Å². The summed E-state index contributed by atoms with van der Waals surface area (Å²) < 4.78 is 13.3. The van der Waals surface area contributed by atoms with E-state index in [0.29, 0.717) is 6.07 Å². The topological polar surface area (TPSA) is 89.5 Å². The van der Waals surface area contributed by atoms with E-state index < -0.39 is 22.3 Å². The second kappa shape index (κ2) is 5.44. The van der Waals surface area contributed by atoms with E-state index in [0.717, 1.165) is 31.7 Å². The van der Waals surface area contributed by atoms with Crippen molar-refractivity contribution >= 4 is 17.3 Å². The van der Waals surface area contributed by atoms with Gasteiger partial charge >= 0.3 is 0 Å². The van der Waals surface area contributed by atoms with Crippen LogP contribution in [0.2, 0.25) is 0 Å². The van der Waals surface area contributed by atoms with Gasteiger partial charge in [-0.25, -0.2) is 4.39 Å². The third-order valence-electron chi connectivity index (χ3n) is 3.73. The molecule has 1 saturated carbocycles. The molecule has 7 heteroatoms. The van der Waals surface area contributed by atoms with Gasteiger partial charge < -0.3 is 10.6 Å². The molecule has 0 bridgehead atoms. The Labute approximate surface area is 115 Å². The van der Waals surface area contributed by atoms with Crippen LogP contribution >= 0.6 is 0 Å². The Kier molecular flexibility index (Phi) is 3.87. The molecular formula is C13H16FN3O3. The average Bonchev–Trinajstić information content (AvgIpc) is 2.93. The molecule has 1 aromatic carbocycles. The maximum atomic E-state index is 13.3. The molecule has 20 heavy (non-hydrogen) atoms. The minimum Gasteiger partial charge on any atom is -0.396 e. The molecule has 0 spiro atoms. The number of carbonyl (C=O) groups excluding carboxylic acids is 1. The fourth-order valence-corrected chi connectivity index (χ4v) is 2.55. The van der Waals surface area contributed by atoms with E-state index in [-0.39, 0.29) is 17.3 Å². The number of anilines is 1. The van der Waals surface area contributed by atoms with Crippen LogP contribution in [0.1, 0.15) is 36.0 Å². The van der Waals surface area contributed by atoms with Crippen molar-refractivity contribution in [2.75, 3.05) is 12.8 Å². The minimum absolute atomic E-state index is 0.0772. The zero-order valence-corrected chi connectivity index (χ0v) is 11.1. The summed E-state index contributed by atoms with van der Waals surface area (Å²) in [5, 5.41) is 11.0. The average molecular weight is 281 g/mol. The van der Waals surface area contributed by atoms with Gasteiger partial charge in [-0.2, -0.15) is 0 Å². The van der Waals surface area contributed by atoms with Gasteiger partial charge in [-0.15, -0.1) is 0 Å². The Morgan fingerprint density at radius 3 is 2.60 bits per heavy atom. The number of carbonyl (C=O) groups is 1. The van der Waals surface area contributed by atoms with Crippen molar-refractivity contribution < 1.29 is 14.1 Å². The van der Waals surface area contributed by atoms with E-state index in [1.165, 1.54) is 4.90 Å². The molecule has 1 fully saturated rings. The standard InChI is InChI=1S/C13H16FN3O3/c1-16(8-4-2-3-5-8)13(18)9-6-11(15)10(14)7-12(9)17(19)20/h6-8H,2-5,15H2,1H3. The van der Waals surface area contributed by atoms with Crippen molar-refractivity contribution in [2.45, 2.75) is 31.7 Å². The third kappa shape index (κ3) is 2.56. The monoisotopic (exact) mass is 281 g/mol. The van der Waals surface area contributed by atoms with Crippen LogP contribution in [0.5, 0.6) is 0 Å². The van der Waals surface area contributed by atoms with Crippen LogP contribution in [0.4, 0.5) is 15.8 Å². The first-order valence-corrected chi connectivity index (χ1v) is 6.42. The van der Waals surface area contributed by atoms with Crippen molar-refractivity contribution in [3.05, 3.63) is 33.6 Å². The van der Waals surface area contributed by atoms with Crippen LogP contribution < -0.4 is 5.73 Å². The second-order valence-corrected chi connectivity index (χ2v) is 5.00. The van der Waals surface area contributed by atoms with Crippen LogP contribution in [0.15, 0.2) is 12.1 Å². The molecule has 108 valence electrons. The van der Waals surface area contributed by atoms with E-state index in [9.17, 15) is 19.3 Å². The molecule has 0 saturated heterocycles. The summed E-state index contributed by atoms with van der Waals surface area (Å²) >= 11 is 0. The number of amides is 1. The van der Waals surface area contributed by atoms with E-state index >= 15 is 0 Å². The van der Waals surface area contributed by atoms with Gasteiger partial charge in [-0.3, -0.25) is 14.9 Å². The molecule has 0 atom stereocenters. The lowest BCUT2D eigenvalue weighted by atomic mass is 10.1. The quantitative estimate of drug-likeness (QED) is 0.523. The molecule has 2 N–H and O–H groups in total. The van der Waals surface area contributed by atoms with E-state index in [1.54, 1.807) is 7.05 Å². The van der Waals surface area contributed by atoms with Gasteiger partial charge in [0.25, 0.3) is 11.6 Å². The molecule has 1 amide bonds. The Morgan fingerprint density at radius 2 is 2.05 bits per heavy atom. The van der Waals surface area contributed by atoms with Crippen molar-refractivity contribution in [2.24, 2.45) is 0 Å². The first-order valence-electron chi connectivity index (χ1n) is 6.42. The number of hydrogen-bond acceptors (Lipinski definition) is 4. The maximum absolute atomic E-state index is 13.3. The van der Waals surface area contributed by atoms with Gasteiger partial charge in [0.1, 0.15) is 5.56 Å². The third-order valence-corrected chi connectivity index (χ3v) is 3.73. The Hall–Kier alpha value is -2.18. The summed E-state index contributed by atoms with van der Waals surface area (Å²) in [6.07, 6.45) is 3.84. The lowest BCUT2D eigenvalue weighted by molar-refractivity contribution is -0.385. The number of nitrogen functional groups attached to an aromatic ring is 1. The fraction of sp³-hybridized carbons (Fsp3) is 0.462. The van der Waals surface area contributed by atoms with Crippen LogP contribution in [0.25, 0.3) is 0 Å². The summed E-state index contributed by atoms with van der Waals surface area (Å²) in [4.78, 5) is 24.1. The molecule has 0 aliphatic heterocycles. The van der Waals surface area contributed by atoms with E-state index in [4.69, 9.17) is 5.73 Å². The number of rotatable bonds is 3. The highest BCUT2D eigenvalue weighted by Gasteiger charge is 2.29. The summed E-state index contributed by atoms with van der Waals surface area (Å²) in [6, 6.07) is 1.82. The molecule has 1 aliphatic carbocycles. The molecule has 0 unspecified atom stereocenters. The molecule has 0 heterocycles. The van der Waals surface area contributed by atoms with Gasteiger partial charge in [-0.05, 0) is 18.9 Å². The maximum Gasteiger partial charge on any atom is 0.285 e. The molecule has 0 aromatic heterocycles. The summed E-state index contributed by atoms with van der Waals surface area (Å²) in [7, 11) is 1.61. The Bertz CT molecular complexity index is 556. The zero-order valence-electron chi connectivity index (χ0n) is 11.1. The van der Waals surface area contributed by atoms with E-state index in [2.05, 4.69) is 0 Å². The minimum atomic E-state index is -0.892. The van der Waals surface area contributed by atoms with Crippen LogP contribution in [0, 0.1) is 15.9 Å². The number of nitrogens with zero attached hydrogens (tertiary/aromatic N) is 2. The highest BCUT2D eigenvalue weighted by Crippen LogP contribution is 2.28. The van der Waals surface area contributed by atoms with E-state index in [1.807, 2.05) is 0 Å². The molecule has 2 rings (SSSR count). The van der Waals surface area contributed by atoms with Crippen molar-refractivity contribution in [1.29, 1.82) is 0 Å². The van der Waals surface area contributed by atoms with Crippen LogP contribution in [-0.2, 0) is 0 Å². The number of hydrogen-bond donors (Lipinski definition) is 1. The number of nitrogens with two attached hydrogens (primary N) is 1. The lowest BCUT2D eigenvalue weighted by Crippen LogP contribution is -2.35. The van der Waals surface area contributed by atoms with Gasteiger partial charge in [-0.1, -0.05) is 12.8 Å². The van der Waals surface area contributed by atoms with Gasteiger partial charge in [0.05, 0.1) is 16.7 Å². The smallest absolute Gasteiger partial charge is 0.285 e. The summed E-state index contributed by atoms with van der Waals surface area (Å²) in [5.41, 5.74) is 4.43. The Balaban J connectivity index is 2.37. The molecule has 0 radical (unpaired) electrons. The number of halogens is 1. The predicted molar refractivity (Wildman–Crippen MR) is 71.8 cm³/mol. The molecule has 1 aromatic rings. The molecule has 1 aliphatic rings. The van der Waals surface area contributed by atoms with Crippen molar-refractivity contribution in [1.82, 2.24) is 4.90 Å². The Morgan fingerprint density at radius 1 is 1.45 bits per heavy atom. The highest BCUT2D eigenvalue weighted by atomic mass is 19.1. The van der Waals surface area contributed by atoms with Gasteiger partial charge in [0.15, 0.2) is 5.82 Å². The summed E-state index contributed by atoms with van der Waals surface area (Å²) in [5.74, 6) is -1.38. The largest absolute Gasteiger partial charge is 0.396 e. The number of benzene rings is 1. The van der Waals surface area contributed by atoms with Gasteiger partial charge in [0, 0.05) is 13.1 Å². The first kappa shape index (κ1) is 14.2. The number of nitro groups is 1. The normalized spacial score (nSPS) is 15.3. The summed E-state index contributed by atoms with van der Waals surface area (Å²) in [6.45, 7) is 0. The fourth-order valence-electron chi connectivity index (χ4n) is 2.55. The lowest BCUT2D eigenvalue weighted by Gasteiger charge is -2.24. The molecule has 6 nitrogen and oxygen atoms in total. The second-order valence-electron chi connectivity index (χ2n) is 5.00. The highest BCUT2D eigenvalue weighted by molar-refractivity contribution is 5.99. The predicted octanol–water partition coefficient (Wildman–Crippen LogP) is 2.33. The van der Waals surface area contributed by atoms with Crippen LogP contribution in [-0.4, -0.2) is 28.8 Å². The van der Waals surface area contributed by atoms with Crippen LogP contribution in [0.3, 0.4) is 0 Å². The first-order chi connectivity index (χ1) is 9.41. The molecular weight excluding hydrogens is 265 g/mol. The van der Waals surface area contributed by atoms with Crippen molar-refractivity contribution in [3.8, 4) is 0 Å². The SMILES string of the molecule is CN(C(=O)c1cc(N)c(F)cc1[N+](=O)[O-])C1CCCC1.